The van der Waals surface area contributed by atoms with Crippen molar-refractivity contribution in [1.82, 2.24) is 9.97 Å². The van der Waals surface area contributed by atoms with Gasteiger partial charge in [0.15, 0.2) is 6.61 Å². The topological polar surface area (TPSA) is 90.4 Å². The highest BCUT2D eigenvalue weighted by Gasteiger charge is 2.14. The first-order valence-electron chi connectivity index (χ1n) is 8.07. The lowest BCUT2D eigenvalue weighted by atomic mass is 10.2. The molecule has 7 heteroatoms. The van der Waals surface area contributed by atoms with Crippen LogP contribution in [0.4, 0.5) is 5.69 Å². The number of ether oxygens (including phenoxy) is 2. The zero-order valence-corrected chi connectivity index (χ0v) is 14.1. The third-order valence-corrected chi connectivity index (χ3v) is 3.54. The molecule has 0 fully saturated rings. The summed E-state index contributed by atoms with van der Waals surface area (Å²) in [5, 5.41) is 3.38. The summed E-state index contributed by atoms with van der Waals surface area (Å²) >= 11 is 0. The number of carbonyl (C=O) groups is 2. The summed E-state index contributed by atoms with van der Waals surface area (Å²) in [7, 11) is 0. The molecule has 1 heterocycles. The van der Waals surface area contributed by atoms with Crippen LogP contribution in [0.15, 0.2) is 54.9 Å². The summed E-state index contributed by atoms with van der Waals surface area (Å²) in [6.07, 6.45) is 1.38. The van der Waals surface area contributed by atoms with Crippen molar-refractivity contribution < 1.29 is 19.1 Å². The largest absolute Gasteiger partial charge is 0.467 e. The molecule has 0 spiro atoms. The van der Waals surface area contributed by atoms with Gasteiger partial charge in [-0.2, -0.15) is 0 Å². The van der Waals surface area contributed by atoms with E-state index in [4.69, 9.17) is 9.47 Å². The van der Waals surface area contributed by atoms with Crippen molar-refractivity contribution in [2.24, 2.45) is 0 Å². The van der Waals surface area contributed by atoms with E-state index in [9.17, 15) is 9.59 Å². The fourth-order valence-electron chi connectivity index (χ4n) is 2.39. The van der Waals surface area contributed by atoms with Gasteiger partial charge in [-0.3, -0.25) is 4.79 Å². The van der Waals surface area contributed by atoms with Gasteiger partial charge >= 0.3 is 5.97 Å². The smallest absolute Gasteiger partial charge is 0.340 e. The molecular weight excluding hydrogens is 334 g/mol. The number of fused-ring (bicyclic) bond motifs is 1. The molecule has 2 aromatic carbocycles. The molecule has 132 valence electrons. The molecule has 7 nitrogen and oxygen atoms in total. The van der Waals surface area contributed by atoms with E-state index in [1.807, 2.05) is 24.3 Å². The molecule has 0 bridgehead atoms. The van der Waals surface area contributed by atoms with E-state index < -0.39 is 11.9 Å². The van der Waals surface area contributed by atoms with Gasteiger partial charge < -0.3 is 14.8 Å². The van der Waals surface area contributed by atoms with E-state index in [-0.39, 0.29) is 18.8 Å². The van der Waals surface area contributed by atoms with Crippen LogP contribution in [0.3, 0.4) is 0 Å². The van der Waals surface area contributed by atoms with E-state index >= 15 is 0 Å². The number of esters is 1. The van der Waals surface area contributed by atoms with E-state index in [0.29, 0.717) is 11.6 Å². The Hall–Kier alpha value is -3.48. The Labute approximate surface area is 150 Å². The van der Waals surface area contributed by atoms with E-state index in [0.717, 1.165) is 10.9 Å². The van der Waals surface area contributed by atoms with Crippen LogP contribution >= 0.6 is 0 Å². The van der Waals surface area contributed by atoms with Crippen LogP contribution in [-0.2, 0) is 9.53 Å². The Balaban J connectivity index is 1.69. The summed E-state index contributed by atoms with van der Waals surface area (Å²) in [5.41, 5.74) is 1.38. The third kappa shape index (κ3) is 3.94. The third-order valence-electron chi connectivity index (χ3n) is 3.54. The normalized spacial score (nSPS) is 10.3. The second-order valence-electron chi connectivity index (χ2n) is 5.30. The highest BCUT2D eigenvalue weighted by Crippen LogP contribution is 2.21. The van der Waals surface area contributed by atoms with Crippen molar-refractivity contribution in [1.29, 1.82) is 0 Å². The second-order valence-corrected chi connectivity index (χ2v) is 5.30. The molecule has 0 saturated heterocycles. The van der Waals surface area contributed by atoms with Crippen LogP contribution in [-0.4, -0.2) is 35.1 Å². The number of hydrogen-bond donors (Lipinski definition) is 1. The van der Waals surface area contributed by atoms with Crippen molar-refractivity contribution in [2.75, 3.05) is 18.5 Å². The SMILES string of the molecule is CCOC(=O)c1ccccc1NC(=O)COc1ncnc2ccccc12. The number of rotatable bonds is 6. The van der Waals surface area contributed by atoms with Crippen LogP contribution in [0.1, 0.15) is 17.3 Å². The number of benzene rings is 2. The van der Waals surface area contributed by atoms with Gasteiger partial charge in [0.25, 0.3) is 5.91 Å². The number of anilines is 1. The molecule has 0 aliphatic rings. The van der Waals surface area contributed by atoms with Crippen LogP contribution in [0, 0.1) is 0 Å². The molecular formula is C19H17N3O4. The monoisotopic (exact) mass is 351 g/mol. The molecule has 0 aliphatic carbocycles. The van der Waals surface area contributed by atoms with Gasteiger partial charge in [-0.25, -0.2) is 14.8 Å². The zero-order valence-electron chi connectivity index (χ0n) is 14.1. The predicted molar refractivity (Wildman–Crippen MR) is 96.1 cm³/mol. The Kier molecular flexibility index (Phi) is 5.38. The van der Waals surface area contributed by atoms with Crippen molar-refractivity contribution in [3.8, 4) is 5.88 Å². The maximum Gasteiger partial charge on any atom is 0.340 e. The number of aromatic nitrogens is 2. The standard InChI is InChI=1S/C19H17N3O4/c1-2-25-19(24)14-8-4-6-10-16(14)22-17(23)11-26-18-13-7-3-5-9-15(13)20-12-21-18/h3-10,12H,2,11H2,1H3,(H,22,23). The first-order valence-corrected chi connectivity index (χ1v) is 8.07. The maximum absolute atomic E-state index is 12.2. The van der Waals surface area contributed by atoms with Crippen LogP contribution < -0.4 is 10.1 Å². The minimum Gasteiger partial charge on any atom is -0.467 e. The van der Waals surface area contributed by atoms with Crippen LogP contribution in [0.5, 0.6) is 5.88 Å². The first kappa shape index (κ1) is 17.3. The molecule has 3 rings (SSSR count). The maximum atomic E-state index is 12.2. The highest BCUT2D eigenvalue weighted by molar-refractivity contribution is 6.01. The molecule has 0 atom stereocenters. The quantitative estimate of drug-likeness (QED) is 0.687. The summed E-state index contributed by atoms with van der Waals surface area (Å²) in [5.74, 6) is -0.583. The summed E-state index contributed by atoms with van der Waals surface area (Å²) in [6, 6.07) is 14.0. The Morgan fingerprint density at radius 2 is 1.81 bits per heavy atom. The fourth-order valence-corrected chi connectivity index (χ4v) is 2.39. The van der Waals surface area contributed by atoms with E-state index in [1.54, 1.807) is 31.2 Å². The van der Waals surface area contributed by atoms with Gasteiger partial charge in [-0.1, -0.05) is 24.3 Å². The van der Waals surface area contributed by atoms with E-state index in [1.165, 1.54) is 6.33 Å². The lowest BCUT2D eigenvalue weighted by Gasteiger charge is -2.11. The molecule has 26 heavy (non-hydrogen) atoms. The summed E-state index contributed by atoms with van der Waals surface area (Å²) in [4.78, 5) is 32.4. The first-order chi connectivity index (χ1) is 12.7. The highest BCUT2D eigenvalue weighted by atomic mass is 16.5. The molecule has 3 aromatic rings. The van der Waals surface area contributed by atoms with Gasteiger partial charge in [-0.15, -0.1) is 0 Å². The molecule has 1 amide bonds. The molecule has 0 aliphatic heterocycles. The number of amides is 1. The molecule has 0 unspecified atom stereocenters. The average Bonchev–Trinajstić information content (AvgIpc) is 2.67. The predicted octanol–water partition coefficient (Wildman–Crippen LogP) is 2.82. The molecule has 1 aromatic heterocycles. The van der Waals surface area contributed by atoms with Gasteiger partial charge in [0, 0.05) is 0 Å². The Morgan fingerprint density at radius 3 is 2.65 bits per heavy atom. The Morgan fingerprint density at radius 1 is 1.04 bits per heavy atom. The number of nitrogens with zero attached hydrogens (tertiary/aromatic N) is 2. The lowest BCUT2D eigenvalue weighted by Crippen LogP contribution is -2.22. The number of para-hydroxylation sites is 2. The minimum absolute atomic E-state index is 0.252. The van der Waals surface area contributed by atoms with Crippen LogP contribution in [0.25, 0.3) is 10.9 Å². The van der Waals surface area contributed by atoms with Crippen molar-refractivity contribution in [2.45, 2.75) is 6.92 Å². The van der Waals surface area contributed by atoms with Gasteiger partial charge in [0.1, 0.15) is 6.33 Å². The summed E-state index contributed by atoms with van der Waals surface area (Å²) < 4.78 is 10.5. The van der Waals surface area contributed by atoms with Gasteiger partial charge in [-0.05, 0) is 31.2 Å². The second kappa shape index (κ2) is 8.06. The minimum atomic E-state index is -0.494. The van der Waals surface area contributed by atoms with Crippen molar-refractivity contribution in [3.05, 3.63) is 60.4 Å². The molecule has 0 radical (unpaired) electrons. The van der Waals surface area contributed by atoms with Gasteiger partial charge in [0.2, 0.25) is 5.88 Å². The number of hydrogen-bond acceptors (Lipinski definition) is 6. The van der Waals surface area contributed by atoms with Gasteiger partial charge in [0.05, 0.1) is 28.8 Å². The fraction of sp³-hybridized carbons (Fsp3) is 0.158. The summed E-state index contributed by atoms with van der Waals surface area (Å²) in [6.45, 7) is 1.72. The molecule has 1 N–H and O–H groups in total. The number of carbonyl (C=O) groups excluding carboxylic acids is 2. The van der Waals surface area contributed by atoms with Crippen molar-refractivity contribution in [3.63, 3.8) is 0 Å². The van der Waals surface area contributed by atoms with E-state index in [2.05, 4.69) is 15.3 Å². The Bertz CT molecular complexity index is 937. The average molecular weight is 351 g/mol. The zero-order chi connectivity index (χ0) is 18.4. The lowest BCUT2D eigenvalue weighted by molar-refractivity contribution is -0.118. The molecule has 0 saturated carbocycles. The van der Waals surface area contributed by atoms with Crippen LogP contribution in [0.2, 0.25) is 0 Å². The number of nitrogens with one attached hydrogen (secondary N) is 1. The van der Waals surface area contributed by atoms with Crippen molar-refractivity contribution >= 4 is 28.5 Å².